The number of aryl methyl sites for hydroxylation is 4. The molecular formula is C44H28F12N2. The van der Waals surface area contributed by atoms with Crippen molar-refractivity contribution >= 4 is 43.6 Å². The molecule has 0 unspecified atom stereocenters. The summed E-state index contributed by atoms with van der Waals surface area (Å²) in [6.07, 6.45) is -19.0. The number of fused-ring (bicyclic) bond motifs is 6. The van der Waals surface area contributed by atoms with Gasteiger partial charge in [0.2, 0.25) is 0 Å². The van der Waals surface area contributed by atoms with Crippen molar-refractivity contribution in [1.82, 2.24) is 9.13 Å². The summed E-state index contributed by atoms with van der Waals surface area (Å²) in [6, 6.07) is 19.2. The fourth-order valence-corrected chi connectivity index (χ4v) is 8.18. The van der Waals surface area contributed by atoms with Crippen LogP contribution in [0.15, 0.2) is 97.1 Å². The van der Waals surface area contributed by atoms with Crippen LogP contribution >= 0.6 is 0 Å². The zero-order chi connectivity index (χ0) is 42.0. The van der Waals surface area contributed by atoms with E-state index in [1.165, 1.54) is 24.3 Å². The molecule has 58 heavy (non-hydrogen) atoms. The van der Waals surface area contributed by atoms with E-state index in [1.54, 1.807) is 36.8 Å². The molecule has 0 aliphatic rings. The van der Waals surface area contributed by atoms with Crippen molar-refractivity contribution in [2.75, 3.05) is 0 Å². The molecule has 0 atom stereocenters. The second kappa shape index (κ2) is 12.8. The molecule has 2 heterocycles. The summed E-state index contributed by atoms with van der Waals surface area (Å²) >= 11 is 0. The SMILES string of the molecule is Cc1cc(-c2cc(C)c(-n3c4ccc(C(F)(F)F)cc4c4cc(C(F)(F)F)ccc43)c(C)c2)cc(C)c1-n1c2ccc(C(F)(F)F)cc2c2cc(C(F)(F)F)ccc21. The van der Waals surface area contributed by atoms with Gasteiger partial charge in [-0.3, -0.25) is 0 Å². The summed E-state index contributed by atoms with van der Waals surface area (Å²) in [7, 11) is 0. The molecule has 14 heteroatoms. The van der Waals surface area contributed by atoms with Gasteiger partial charge in [-0.1, -0.05) is 0 Å². The first-order chi connectivity index (χ1) is 26.9. The summed E-state index contributed by atoms with van der Waals surface area (Å²) in [5.74, 6) is 0. The first kappa shape index (κ1) is 38.9. The fraction of sp³-hybridized carbons (Fsp3) is 0.182. The van der Waals surface area contributed by atoms with E-state index in [9.17, 15) is 52.7 Å². The number of rotatable bonds is 3. The third-order valence-electron chi connectivity index (χ3n) is 10.6. The Kier molecular flexibility index (Phi) is 8.59. The average Bonchev–Trinajstić information content (AvgIpc) is 3.61. The zero-order valence-electron chi connectivity index (χ0n) is 30.7. The van der Waals surface area contributed by atoms with Gasteiger partial charge in [-0.2, -0.15) is 52.7 Å². The minimum absolute atomic E-state index is 0.00467. The van der Waals surface area contributed by atoms with Crippen molar-refractivity contribution in [3.05, 3.63) is 142 Å². The Morgan fingerprint density at radius 1 is 0.310 bits per heavy atom. The third-order valence-corrected chi connectivity index (χ3v) is 10.6. The Bertz CT molecular complexity index is 2600. The molecule has 298 valence electrons. The van der Waals surface area contributed by atoms with Crippen molar-refractivity contribution in [3.8, 4) is 22.5 Å². The number of halogens is 12. The fourth-order valence-electron chi connectivity index (χ4n) is 8.18. The standard InChI is InChI=1S/C44H28F12N2/c1-21-13-25(14-22(2)39(21)57-35-9-5-27(41(45,46)47)17-31(35)32-18-28(42(48,49)50)6-10-36(32)57)26-15-23(3)40(24(4)16-26)58-37-11-7-29(43(51,52)53)19-33(37)34-20-30(44(54,55)56)8-12-38(34)58/h5-20H,1-4H3. The Hall–Kier alpha value is -5.92. The van der Waals surface area contributed by atoms with Crippen LogP contribution in [0.5, 0.6) is 0 Å². The predicted octanol–water partition coefficient (Wildman–Crippen LogP) is 14.9. The van der Waals surface area contributed by atoms with Gasteiger partial charge >= 0.3 is 24.7 Å². The average molecular weight is 813 g/mol. The molecule has 8 rings (SSSR count). The maximum Gasteiger partial charge on any atom is 0.416 e. The smallest absolute Gasteiger partial charge is 0.309 e. The van der Waals surface area contributed by atoms with Gasteiger partial charge in [0.25, 0.3) is 0 Å². The van der Waals surface area contributed by atoms with Crippen LogP contribution in [0.3, 0.4) is 0 Å². The maximum absolute atomic E-state index is 13.8. The van der Waals surface area contributed by atoms with Crippen LogP contribution in [0.4, 0.5) is 52.7 Å². The van der Waals surface area contributed by atoms with E-state index in [4.69, 9.17) is 0 Å². The molecule has 0 spiro atoms. The Morgan fingerprint density at radius 3 is 0.707 bits per heavy atom. The highest BCUT2D eigenvalue weighted by atomic mass is 19.4. The summed E-state index contributed by atoms with van der Waals surface area (Å²) in [4.78, 5) is 0. The van der Waals surface area contributed by atoms with Gasteiger partial charge in [0.1, 0.15) is 0 Å². The van der Waals surface area contributed by atoms with Gasteiger partial charge in [0, 0.05) is 21.5 Å². The summed E-state index contributed by atoms with van der Waals surface area (Å²) in [6.45, 7) is 7.09. The van der Waals surface area contributed by atoms with Crippen molar-refractivity contribution in [1.29, 1.82) is 0 Å². The van der Waals surface area contributed by atoms with Gasteiger partial charge in [-0.05, 0) is 158 Å². The van der Waals surface area contributed by atoms with E-state index in [2.05, 4.69) is 0 Å². The monoisotopic (exact) mass is 812 g/mol. The zero-order valence-corrected chi connectivity index (χ0v) is 30.7. The van der Waals surface area contributed by atoms with E-state index in [1.807, 2.05) is 24.3 Å². The molecule has 2 nitrogen and oxygen atoms in total. The number of benzene rings is 6. The quantitative estimate of drug-likeness (QED) is 0.157. The lowest BCUT2D eigenvalue weighted by molar-refractivity contribution is -0.138. The van der Waals surface area contributed by atoms with Gasteiger partial charge in [0.15, 0.2) is 0 Å². The lowest BCUT2D eigenvalue weighted by atomic mass is 9.95. The second-order valence-electron chi connectivity index (χ2n) is 14.5. The molecule has 2 aromatic heterocycles. The molecule has 0 aliphatic carbocycles. The lowest BCUT2D eigenvalue weighted by Crippen LogP contribution is -2.05. The Labute approximate surface area is 321 Å². The van der Waals surface area contributed by atoms with Crippen LogP contribution in [0.1, 0.15) is 44.5 Å². The van der Waals surface area contributed by atoms with E-state index in [-0.39, 0.29) is 43.6 Å². The van der Waals surface area contributed by atoms with E-state index in [0.29, 0.717) is 44.8 Å². The molecule has 0 fully saturated rings. The number of aromatic nitrogens is 2. The number of hydrogen-bond donors (Lipinski definition) is 0. The van der Waals surface area contributed by atoms with Gasteiger partial charge < -0.3 is 9.13 Å². The van der Waals surface area contributed by atoms with Gasteiger partial charge in [-0.15, -0.1) is 0 Å². The molecule has 0 radical (unpaired) electrons. The molecule has 0 aliphatic heterocycles. The molecular weight excluding hydrogens is 784 g/mol. The van der Waals surface area contributed by atoms with Crippen LogP contribution in [-0.2, 0) is 24.7 Å². The molecule has 0 saturated heterocycles. The Balaban J connectivity index is 1.29. The summed E-state index contributed by atoms with van der Waals surface area (Å²) in [5.41, 5.74) is 2.18. The predicted molar refractivity (Wildman–Crippen MR) is 200 cm³/mol. The molecule has 0 N–H and O–H groups in total. The molecule has 0 saturated carbocycles. The van der Waals surface area contributed by atoms with E-state index in [0.717, 1.165) is 48.5 Å². The van der Waals surface area contributed by atoms with Crippen molar-refractivity contribution in [2.24, 2.45) is 0 Å². The van der Waals surface area contributed by atoms with Gasteiger partial charge in [-0.25, -0.2) is 0 Å². The van der Waals surface area contributed by atoms with Crippen molar-refractivity contribution in [3.63, 3.8) is 0 Å². The van der Waals surface area contributed by atoms with Crippen LogP contribution in [0, 0.1) is 27.7 Å². The highest BCUT2D eigenvalue weighted by molar-refractivity contribution is 6.11. The highest BCUT2D eigenvalue weighted by Gasteiger charge is 2.35. The number of nitrogens with zero attached hydrogens (tertiary/aromatic N) is 2. The second-order valence-corrected chi connectivity index (χ2v) is 14.5. The maximum atomic E-state index is 13.8. The first-order valence-corrected chi connectivity index (χ1v) is 17.6. The minimum Gasteiger partial charge on any atom is -0.309 e. The van der Waals surface area contributed by atoms with Crippen LogP contribution in [0.2, 0.25) is 0 Å². The number of hydrogen-bond acceptors (Lipinski definition) is 0. The van der Waals surface area contributed by atoms with Crippen molar-refractivity contribution < 1.29 is 52.7 Å². The molecule has 8 aromatic rings. The topological polar surface area (TPSA) is 9.86 Å². The van der Waals surface area contributed by atoms with Crippen LogP contribution in [0.25, 0.3) is 66.1 Å². The van der Waals surface area contributed by atoms with Gasteiger partial charge in [0.05, 0.1) is 55.7 Å². The van der Waals surface area contributed by atoms with Crippen molar-refractivity contribution in [2.45, 2.75) is 52.4 Å². The molecule has 0 bridgehead atoms. The third kappa shape index (κ3) is 6.33. The Morgan fingerprint density at radius 2 is 0.517 bits per heavy atom. The van der Waals surface area contributed by atoms with E-state index < -0.39 is 47.0 Å². The largest absolute Gasteiger partial charge is 0.416 e. The summed E-state index contributed by atoms with van der Waals surface area (Å²) in [5, 5.41) is -0.0187. The summed E-state index contributed by atoms with van der Waals surface area (Å²) < 4.78 is 169. The van der Waals surface area contributed by atoms with Crippen LogP contribution < -0.4 is 0 Å². The normalized spacial score (nSPS) is 13.2. The minimum atomic E-state index is -4.74. The number of alkyl halides is 12. The highest BCUT2D eigenvalue weighted by Crippen LogP contribution is 2.44. The van der Waals surface area contributed by atoms with Crippen LogP contribution in [-0.4, -0.2) is 9.13 Å². The lowest BCUT2D eigenvalue weighted by Gasteiger charge is -2.19. The van der Waals surface area contributed by atoms with E-state index >= 15 is 0 Å². The molecule has 6 aromatic carbocycles. The molecule has 0 amide bonds. The first-order valence-electron chi connectivity index (χ1n) is 17.6.